The van der Waals surface area contributed by atoms with Gasteiger partial charge in [0.25, 0.3) is 0 Å². The predicted octanol–water partition coefficient (Wildman–Crippen LogP) is 5.06. The van der Waals surface area contributed by atoms with Crippen LogP contribution in [0.4, 0.5) is 10.1 Å². The number of nitrogens with zero attached hydrogens (tertiary/aromatic N) is 4. The summed E-state index contributed by atoms with van der Waals surface area (Å²) in [5.41, 5.74) is 2.00. The number of aryl methyl sites for hydroxylation is 1. The number of methoxy groups -OCH3 is 1. The summed E-state index contributed by atoms with van der Waals surface area (Å²) in [7, 11) is 1.49. The molecule has 2 aromatic heterocycles. The highest BCUT2D eigenvalue weighted by atomic mass is 35.5. The van der Waals surface area contributed by atoms with Crippen LogP contribution in [0.25, 0.3) is 16.8 Å². The molecule has 3 aromatic rings. The summed E-state index contributed by atoms with van der Waals surface area (Å²) in [6.45, 7) is 7.52. The molecule has 0 bridgehead atoms. The molecule has 146 valence electrons. The highest BCUT2D eigenvalue weighted by Gasteiger charge is 2.38. The number of benzene rings is 1. The molecule has 3 heterocycles. The standard InChI is InChI=1S/C19H18Cl2FN5O/c1-8-12(11-6-10(20)7-23-17(11)28-5)13(21)14(22)15-16(8)27-9(2)25-26-18(27)19(3,4)24-15/h6-7,24H,1-5H3. The summed E-state index contributed by atoms with van der Waals surface area (Å²) in [6, 6.07) is 1.66. The van der Waals surface area contributed by atoms with Gasteiger partial charge < -0.3 is 10.1 Å². The Kier molecular flexibility index (Phi) is 4.28. The minimum Gasteiger partial charge on any atom is -0.481 e. The maximum absolute atomic E-state index is 15.5. The highest BCUT2D eigenvalue weighted by molar-refractivity contribution is 6.35. The minimum absolute atomic E-state index is 0.0314. The zero-order valence-electron chi connectivity index (χ0n) is 16.0. The lowest BCUT2D eigenvalue weighted by Crippen LogP contribution is -2.37. The van der Waals surface area contributed by atoms with Crippen molar-refractivity contribution in [2.45, 2.75) is 33.2 Å². The van der Waals surface area contributed by atoms with Gasteiger partial charge in [0.15, 0.2) is 11.6 Å². The van der Waals surface area contributed by atoms with Crippen LogP contribution in [-0.2, 0) is 5.54 Å². The first-order valence-corrected chi connectivity index (χ1v) is 9.35. The number of nitrogens with one attached hydrogen (secondary N) is 1. The lowest BCUT2D eigenvalue weighted by atomic mass is 9.93. The van der Waals surface area contributed by atoms with Crippen molar-refractivity contribution < 1.29 is 9.13 Å². The van der Waals surface area contributed by atoms with Crippen LogP contribution >= 0.6 is 23.2 Å². The van der Waals surface area contributed by atoms with Crippen LogP contribution in [0.15, 0.2) is 12.3 Å². The second kappa shape index (κ2) is 6.32. The summed E-state index contributed by atoms with van der Waals surface area (Å²) < 4.78 is 22.7. The van der Waals surface area contributed by atoms with E-state index in [0.717, 1.165) is 5.56 Å². The van der Waals surface area contributed by atoms with Crippen LogP contribution in [0.5, 0.6) is 5.88 Å². The molecule has 1 aliphatic rings. The Bertz CT molecular complexity index is 1130. The molecule has 0 saturated heterocycles. The van der Waals surface area contributed by atoms with Crippen molar-refractivity contribution in [2.75, 3.05) is 12.4 Å². The fraction of sp³-hybridized carbons (Fsp3) is 0.316. The van der Waals surface area contributed by atoms with Gasteiger partial charge in [-0.1, -0.05) is 23.2 Å². The number of pyridine rings is 1. The SMILES string of the molecule is COc1ncc(Cl)cc1-c1c(C)c2c(c(F)c1Cl)NC(C)(C)c1nnc(C)n1-2. The van der Waals surface area contributed by atoms with Crippen LogP contribution in [0, 0.1) is 19.7 Å². The molecule has 9 heteroatoms. The first-order chi connectivity index (χ1) is 13.2. The fourth-order valence-corrected chi connectivity index (χ4v) is 4.18. The molecule has 1 aromatic carbocycles. The van der Waals surface area contributed by atoms with Gasteiger partial charge in [-0.15, -0.1) is 10.2 Å². The molecule has 1 aliphatic heterocycles. The van der Waals surface area contributed by atoms with Crippen molar-refractivity contribution in [1.29, 1.82) is 0 Å². The van der Waals surface area contributed by atoms with Gasteiger partial charge in [-0.05, 0) is 39.3 Å². The number of aromatic nitrogens is 4. The van der Waals surface area contributed by atoms with Gasteiger partial charge in [-0.2, -0.15) is 0 Å². The van der Waals surface area contributed by atoms with Crippen molar-refractivity contribution >= 4 is 28.9 Å². The predicted molar refractivity (Wildman–Crippen MR) is 107 cm³/mol. The minimum atomic E-state index is -0.623. The van der Waals surface area contributed by atoms with Crippen LogP contribution in [0.1, 0.15) is 31.1 Å². The van der Waals surface area contributed by atoms with E-state index in [9.17, 15) is 0 Å². The Morgan fingerprint density at radius 3 is 2.61 bits per heavy atom. The zero-order valence-corrected chi connectivity index (χ0v) is 17.5. The largest absolute Gasteiger partial charge is 0.481 e. The Labute approximate surface area is 171 Å². The number of hydrogen-bond donors (Lipinski definition) is 1. The van der Waals surface area contributed by atoms with Crippen LogP contribution in [-0.4, -0.2) is 26.9 Å². The first-order valence-electron chi connectivity index (χ1n) is 8.60. The average molecular weight is 422 g/mol. The number of fused-ring (bicyclic) bond motifs is 3. The number of anilines is 1. The van der Waals surface area contributed by atoms with Gasteiger partial charge in [0.05, 0.1) is 34.1 Å². The lowest BCUT2D eigenvalue weighted by molar-refractivity contribution is 0.399. The number of halogens is 3. The van der Waals surface area contributed by atoms with E-state index in [1.165, 1.54) is 13.3 Å². The van der Waals surface area contributed by atoms with E-state index in [4.69, 9.17) is 27.9 Å². The molecule has 0 amide bonds. The monoisotopic (exact) mass is 421 g/mol. The third-order valence-electron chi connectivity index (χ3n) is 4.92. The molecule has 4 rings (SSSR count). The summed E-state index contributed by atoms with van der Waals surface area (Å²) in [5, 5.41) is 12.1. The summed E-state index contributed by atoms with van der Waals surface area (Å²) in [5.74, 6) is 1.08. The average Bonchev–Trinajstić information content (AvgIpc) is 3.03. The molecule has 0 radical (unpaired) electrons. The number of rotatable bonds is 2. The van der Waals surface area contributed by atoms with Gasteiger partial charge in [0, 0.05) is 17.3 Å². The van der Waals surface area contributed by atoms with Crippen LogP contribution in [0.3, 0.4) is 0 Å². The fourth-order valence-electron chi connectivity index (χ4n) is 3.68. The van der Waals surface area contributed by atoms with Crippen LogP contribution in [0.2, 0.25) is 10.0 Å². The molecular weight excluding hydrogens is 404 g/mol. The molecule has 0 unspecified atom stereocenters. The van der Waals surface area contributed by atoms with E-state index in [1.54, 1.807) is 6.07 Å². The summed E-state index contributed by atoms with van der Waals surface area (Å²) in [4.78, 5) is 4.19. The van der Waals surface area contributed by atoms with Crippen molar-refractivity contribution in [2.24, 2.45) is 0 Å². The van der Waals surface area contributed by atoms with Crippen molar-refractivity contribution in [3.63, 3.8) is 0 Å². The molecule has 0 aliphatic carbocycles. The second-order valence-corrected chi connectivity index (χ2v) is 8.03. The second-order valence-electron chi connectivity index (χ2n) is 7.22. The molecule has 0 atom stereocenters. The lowest BCUT2D eigenvalue weighted by Gasteiger charge is -2.35. The molecule has 0 spiro atoms. The molecule has 0 fully saturated rings. The van der Waals surface area contributed by atoms with Gasteiger partial charge in [-0.25, -0.2) is 9.37 Å². The first kappa shape index (κ1) is 19.0. The maximum atomic E-state index is 15.5. The quantitative estimate of drug-likeness (QED) is 0.626. The van der Waals surface area contributed by atoms with E-state index in [1.807, 2.05) is 32.3 Å². The van der Waals surface area contributed by atoms with Crippen LogP contribution < -0.4 is 10.1 Å². The normalized spacial score (nSPS) is 14.3. The maximum Gasteiger partial charge on any atom is 0.221 e. The Morgan fingerprint density at radius 2 is 1.93 bits per heavy atom. The van der Waals surface area contributed by atoms with Crippen molar-refractivity contribution in [3.8, 4) is 22.7 Å². The molecule has 28 heavy (non-hydrogen) atoms. The van der Waals surface area contributed by atoms with E-state index >= 15 is 4.39 Å². The third kappa shape index (κ3) is 2.57. The Hall–Kier alpha value is -2.38. The number of ether oxygens (including phenoxy) is 1. The summed E-state index contributed by atoms with van der Waals surface area (Å²) in [6.07, 6.45) is 1.47. The third-order valence-corrected chi connectivity index (χ3v) is 5.49. The topological polar surface area (TPSA) is 64.9 Å². The van der Waals surface area contributed by atoms with E-state index in [-0.39, 0.29) is 5.02 Å². The van der Waals surface area contributed by atoms with Gasteiger partial charge in [0.1, 0.15) is 5.82 Å². The Morgan fingerprint density at radius 1 is 1.21 bits per heavy atom. The van der Waals surface area contributed by atoms with E-state index in [2.05, 4.69) is 20.5 Å². The van der Waals surface area contributed by atoms with Gasteiger partial charge in [-0.3, -0.25) is 4.57 Å². The Balaban J connectivity index is 2.12. The summed E-state index contributed by atoms with van der Waals surface area (Å²) >= 11 is 12.6. The molecule has 6 nitrogen and oxygen atoms in total. The van der Waals surface area contributed by atoms with Crippen molar-refractivity contribution in [1.82, 2.24) is 19.7 Å². The smallest absolute Gasteiger partial charge is 0.221 e. The van der Waals surface area contributed by atoms with Gasteiger partial charge in [0.2, 0.25) is 5.88 Å². The highest BCUT2D eigenvalue weighted by Crippen LogP contribution is 2.48. The van der Waals surface area contributed by atoms with E-state index in [0.29, 0.717) is 45.1 Å². The van der Waals surface area contributed by atoms with Gasteiger partial charge >= 0.3 is 0 Å². The van der Waals surface area contributed by atoms with E-state index < -0.39 is 11.4 Å². The molecule has 1 N–H and O–H groups in total. The van der Waals surface area contributed by atoms with Crippen molar-refractivity contribution in [3.05, 3.63) is 45.3 Å². The molecule has 0 saturated carbocycles. The number of hydrogen-bond acceptors (Lipinski definition) is 5. The zero-order chi connectivity index (χ0) is 20.4. The molecular formula is C19H18Cl2FN5O.